The quantitative estimate of drug-likeness (QED) is 0.846. The van der Waals surface area contributed by atoms with Gasteiger partial charge in [-0.1, -0.05) is 49.1 Å². The number of halogens is 1. The Morgan fingerprint density at radius 2 is 2.09 bits per heavy atom. The highest BCUT2D eigenvalue weighted by Crippen LogP contribution is 2.30. The Labute approximate surface area is 144 Å². The second-order valence-electron chi connectivity index (χ2n) is 5.64. The molecule has 1 aliphatic rings. The average Bonchev–Trinajstić information content (AvgIpc) is 3.02. The van der Waals surface area contributed by atoms with Crippen molar-refractivity contribution in [2.45, 2.75) is 38.2 Å². The third kappa shape index (κ3) is 4.53. The third-order valence-electron chi connectivity index (χ3n) is 3.90. The number of anilines is 1. The molecular weight excluding hydrogens is 332 g/mol. The first-order chi connectivity index (χ1) is 11.2. The molecule has 3 rings (SSSR count). The molecule has 0 atom stereocenters. The molecule has 0 spiro atoms. The van der Waals surface area contributed by atoms with Crippen molar-refractivity contribution >= 4 is 34.0 Å². The van der Waals surface area contributed by atoms with Gasteiger partial charge < -0.3 is 4.74 Å². The van der Waals surface area contributed by atoms with Gasteiger partial charge in [-0.2, -0.15) is 0 Å². The Bertz CT molecular complexity index is 668. The van der Waals surface area contributed by atoms with Crippen molar-refractivity contribution < 1.29 is 9.53 Å². The average molecular weight is 351 g/mol. The van der Waals surface area contributed by atoms with E-state index < -0.39 is 0 Å². The van der Waals surface area contributed by atoms with E-state index in [2.05, 4.69) is 10.3 Å². The molecule has 23 heavy (non-hydrogen) atoms. The first kappa shape index (κ1) is 16.4. The summed E-state index contributed by atoms with van der Waals surface area (Å²) in [4.78, 5) is 16.4. The minimum absolute atomic E-state index is 0.0890. The van der Waals surface area contributed by atoms with Gasteiger partial charge in [-0.3, -0.25) is 10.1 Å². The standard InChI is InChI=1S/C17H19ClN2O2S/c18-14-9-5-4-8-13(14)15-11-23-17(19-15)20-16(21)10-22-12-6-2-1-3-7-12/h4-5,8-9,11-12H,1-3,6-7,10H2,(H,19,20,21). The molecule has 1 aromatic heterocycles. The molecule has 1 heterocycles. The molecule has 1 aromatic carbocycles. The van der Waals surface area contributed by atoms with Crippen molar-refractivity contribution in [3.63, 3.8) is 0 Å². The van der Waals surface area contributed by atoms with E-state index in [1.54, 1.807) is 0 Å². The summed E-state index contributed by atoms with van der Waals surface area (Å²) in [6.45, 7) is 0.0890. The lowest BCUT2D eigenvalue weighted by molar-refractivity contribution is -0.123. The SMILES string of the molecule is O=C(COC1CCCCC1)Nc1nc(-c2ccccc2Cl)cs1. The number of hydrogen-bond acceptors (Lipinski definition) is 4. The van der Waals surface area contributed by atoms with Gasteiger partial charge in [0, 0.05) is 16.0 Å². The Balaban J connectivity index is 1.54. The van der Waals surface area contributed by atoms with Gasteiger partial charge in [-0.15, -0.1) is 11.3 Å². The number of carbonyl (C=O) groups is 1. The van der Waals surface area contributed by atoms with E-state index in [-0.39, 0.29) is 18.6 Å². The van der Waals surface area contributed by atoms with Gasteiger partial charge in [0.2, 0.25) is 0 Å². The van der Waals surface area contributed by atoms with Gasteiger partial charge in [0.15, 0.2) is 5.13 Å². The topological polar surface area (TPSA) is 51.2 Å². The van der Waals surface area contributed by atoms with Crippen LogP contribution in [0.4, 0.5) is 5.13 Å². The highest BCUT2D eigenvalue weighted by atomic mass is 35.5. The van der Waals surface area contributed by atoms with Gasteiger partial charge in [-0.25, -0.2) is 4.98 Å². The summed E-state index contributed by atoms with van der Waals surface area (Å²) in [7, 11) is 0. The van der Waals surface area contributed by atoms with Crippen LogP contribution in [0.1, 0.15) is 32.1 Å². The maximum absolute atomic E-state index is 12.0. The molecule has 0 unspecified atom stereocenters. The number of rotatable bonds is 5. The van der Waals surface area contributed by atoms with Crippen LogP contribution in [0.25, 0.3) is 11.3 Å². The maximum atomic E-state index is 12.0. The summed E-state index contributed by atoms with van der Waals surface area (Å²) in [5, 5.41) is 5.90. The van der Waals surface area contributed by atoms with Crippen molar-refractivity contribution in [1.82, 2.24) is 4.98 Å². The fraction of sp³-hybridized carbons (Fsp3) is 0.412. The number of amides is 1. The fourth-order valence-electron chi connectivity index (χ4n) is 2.70. The predicted octanol–water partition coefficient (Wildman–Crippen LogP) is 4.75. The minimum atomic E-state index is -0.157. The van der Waals surface area contributed by atoms with Crippen molar-refractivity contribution in [2.24, 2.45) is 0 Å². The molecule has 0 radical (unpaired) electrons. The number of carbonyl (C=O) groups excluding carboxylic acids is 1. The van der Waals surface area contributed by atoms with Crippen LogP contribution in [0.5, 0.6) is 0 Å². The molecule has 1 saturated carbocycles. The van der Waals surface area contributed by atoms with Gasteiger partial charge in [0.05, 0.1) is 11.8 Å². The van der Waals surface area contributed by atoms with Crippen LogP contribution in [0.15, 0.2) is 29.6 Å². The Kier molecular flexibility index (Phi) is 5.65. The minimum Gasteiger partial charge on any atom is -0.368 e. The lowest BCUT2D eigenvalue weighted by Gasteiger charge is -2.21. The van der Waals surface area contributed by atoms with Crippen molar-refractivity contribution in [2.75, 3.05) is 11.9 Å². The summed E-state index contributed by atoms with van der Waals surface area (Å²) in [6, 6.07) is 7.53. The number of thiazole rings is 1. The third-order valence-corrected chi connectivity index (χ3v) is 4.99. The molecule has 4 nitrogen and oxygen atoms in total. The van der Waals surface area contributed by atoms with Gasteiger partial charge in [0.25, 0.3) is 5.91 Å². The van der Waals surface area contributed by atoms with Crippen molar-refractivity contribution in [3.8, 4) is 11.3 Å². The molecule has 0 bridgehead atoms. The molecule has 6 heteroatoms. The number of hydrogen-bond donors (Lipinski definition) is 1. The summed E-state index contributed by atoms with van der Waals surface area (Å²) < 4.78 is 5.67. The number of nitrogens with one attached hydrogen (secondary N) is 1. The van der Waals surface area contributed by atoms with E-state index in [1.807, 2.05) is 29.6 Å². The van der Waals surface area contributed by atoms with E-state index in [9.17, 15) is 4.79 Å². The van der Waals surface area contributed by atoms with E-state index >= 15 is 0 Å². The number of ether oxygens (including phenoxy) is 1. The lowest BCUT2D eigenvalue weighted by atomic mass is 9.98. The molecule has 122 valence electrons. The number of aromatic nitrogens is 1. The highest BCUT2D eigenvalue weighted by molar-refractivity contribution is 7.14. The zero-order valence-electron chi connectivity index (χ0n) is 12.8. The molecule has 1 amide bonds. The largest absolute Gasteiger partial charge is 0.368 e. The highest BCUT2D eigenvalue weighted by Gasteiger charge is 2.16. The summed E-state index contributed by atoms with van der Waals surface area (Å²) in [6.07, 6.45) is 6.00. The zero-order valence-corrected chi connectivity index (χ0v) is 14.3. The number of benzene rings is 1. The van der Waals surface area contributed by atoms with Crippen LogP contribution in [0.2, 0.25) is 5.02 Å². The smallest absolute Gasteiger partial charge is 0.252 e. The molecule has 1 aliphatic carbocycles. The number of nitrogens with zero attached hydrogens (tertiary/aromatic N) is 1. The second kappa shape index (κ2) is 7.90. The van der Waals surface area contributed by atoms with Crippen LogP contribution < -0.4 is 5.32 Å². The monoisotopic (exact) mass is 350 g/mol. The Hall–Kier alpha value is -1.43. The predicted molar refractivity (Wildman–Crippen MR) is 94.0 cm³/mol. The lowest BCUT2D eigenvalue weighted by Crippen LogP contribution is -2.24. The van der Waals surface area contributed by atoms with Crippen LogP contribution in [0, 0.1) is 0 Å². The van der Waals surface area contributed by atoms with Crippen LogP contribution in [-0.4, -0.2) is 23.6 Å². The fourth-order valence-corrected chi connectivity index (χ4v) is 3.66. The van der Waals surface area contributed by atoms with Gasteiger partial charge in [0.1, 0.15) is 6.61 Å². The molecule has 1 N–H and O–H groups in total. The molecule has 0 saturated heterocycles. The van der Waals surface area contributed by atoms with Crippen LogP contribution in [-0.2, 0) is 9.53 Å². The van der Waals surface area contributed by atoms with Crippen LogP contribution >= 0.6 is 22.9 Å². The van der Waals surface area contributed by atoms with E-state index in [0.717, 1.165) is 24.1 Å². The van der Waals surface area contributed by atoms with Crippen molar-refractivity contribution in [3.05, 3.63) is 34.7 Å². The summed E-state index contributed by atoms with van der Waals surface area (Å²) in [5.41, 5.74) is 1.63. The van der Waals surface area contributed by atoms with E-state index in [1.165, 1.54) is 30.6 Å². The molecule has 1 fully saturated rings. The van der Waals surface area contributed by atoms with Gasteiger partial charge in [-0.05, 0) is 18.9 Å². The van der Waals surface area contributed by atoms with E-state index in [0.29, 0.717) is 10.2 Å². The molecule has 2 aromatic rings. The summed E-state index contributed by atoms with van der Waals surface area (Å²) >= 11 is 7.55. The summed E-state index contributed by atoms with van der Waals surface area (Å²) in [5.74, 6) is -0.157. The Morgan fingerprint density at radius 3 is 2.87 bits per heavy atom. The van der Waals surface area contributed by atoms with Crippen LogP contribution in [0.3, 0.4) is 0 Å². The van der Waals surface area contributed by atoms with Gasteiger partial charge >= 0.3 is 0 Å². The zero-order chi connectivity index (χ0) is 16.1. The molecule has 0 aliphatic heterocycles. The Morgan fingerprint density at radius 1 is 1.30 bits per heavy atom. The first-order valence-corrected chi connectivity index (χ1v) is 9.10. The first-order valence-electron chi connectivity index (χ1n) is 7.84. The van der Waals surface area contributed by atoms with E-state index in [4.69, 9.17) is 16.3 Å². The maximum Gasteiger partial charge on any atom is 0.252 e. The van der Waals surface area contributed by atoms with Crippen molar-refractivity contribution in [1.29, 1.82) is 0 Å². The normalized spacial score (nSPS) is 15.5. The molecular formula is C17H19ClN2O2S. The second-order valence-corrected chi connectivity index (χ2v) is 6.90.